The molecule has 1 fully saturated rings. The minimum Gasteiger partial charge on any atom is -0.368 e. The number of likely N-dealkylation sites (tertiary alicyclic amines) is 1. The second-order valence-electron chi connectivity index (χ2n) is 6.66. The molecule has 27 heavy (non-hydrogen) atoms. The summed E-state index contributed by atoms with van der Waals surface area (Å²) in [5, 5.41) is 9.34. The van der Waals surface area contributed by atoms with E-state index in [-0.39, 0.29) is 11.7 Å². The van der Waals surface area contributed by atoms with Crippen molar-refractivity contribution in [3.05, 3.63) is 29.8 Å². The van der Waals surface area contributed by atoms with Gasteiger partial charge in [-0.3, -0.25) is 9.59 Å². The first-order chi connectivity index (χ1) is 13.0. The Kier molecular flexibility index (Phi) is 6.15. The van der Waals surface area contributed by atoms with Gasteiger partial charge < -0.3 is 15.2 Å². The predicted octanol–water partition coefficient (Wildman–Crippen LogP) is 2.23. The zero-order chi connectivity index (χ0) is 19.4. The molecular weight excluding hydrogens is 362 g/mol. The fraction of sp³-hybridized carbons (Fsp3) is 0.474. The van der Waals surface area contributed by atoms with Crippen LogP contribution in [0.4, 0.5) is 0 Å². The minimum absolute atomic E-state index is 0.0772. The highest BCUT2D eigenvalue weighted by Crippen LogP contribution is 2.27. The van der Waals surface area contributed by atoms with Crippen LogP contribution in [-0.2, 0) is 16.1 Å². The van der Waals surface area contributed by atoms with Crippen molar-refractivity contribution in [2.45, 2.75) is 50.9 Å². The maximum atomic E-state index is 12.7. The molecule has 144 valence electrons. The van der Waals surface area contributed by atoms with E-state index in [9.17, 15) is 9.59 Å². The number of carbonyl (C=O) groups is 2. The van der Waals surface area contributed by atoms with E-state index in [1.54, 1.807) is 4.90 Å². The number of nitrogens with two attached hydrogens (primary N) is 1. The lowest BCUT2D eigenvalue weighted by Gasteiger charge is -2.33. The lowest BCUT2D eigenvalue weighted by molar-refractivity contribution is -0.138. The van der Waals surface area contributed by atoms with Crippen molar-refractivity contribution in [3.8, 4) is 11.4 Å². The van der Waals surface area contributed by atoms with E-state index in [0.717, 1.165) is 29.8 Å². The first kappa shape index (κ1) is 19.4. The number of hydrogen-bond acceptors (Lipinski definition) is 5. The SMILES string of the molecule is CCn1c(SCC(=O)N2CCCCC2C(N)=O)nnc1-c1ccccc1C. The average Bonchev–Trinajstić information content (AvgIpc) is 3.09. The summed E-state index contributed by atoms with van der Waals surface area (Å²) in [6.45, 7) is 5.37. The molecule has 1 aromatic heterocycles. The molecule has 2 N–H and O–H groups in total. The van der Waals surface area contributed by atoms with Crippen LogP contribution in [0.5, 0.6) is 0 Å². The Bertz CT molecular complexity index is 835. The van der Waals surface area contributed by atoms with Gasteiger partial charge in [0, 0.05) is 18.7 Å². The second-order valence-corrected chi connectivity index (χ2v) is 7.60. The van der Waals surface area contributed by atoms with Crippen LogP contribution in [-0.4, -0.2) is 49.8 Å². The molecule has 0 saturated carbocycles. The number of hydrogen-bond donors (Lipinski definition) is 1. The molecule has 3 rings (SSSR count). The molecule has 0 spiro atoms. The van der Waals surface area contributed by atoms with E-state index in [4.69, 9.17) is 5.73 Å². The molecule has 1 atom stereocenters. The van der Waals surface area contributed by atoms with Gasteiger partial charge >= 0.3 is 0 Å². The van der Waals surface area contributed by atoms with Gasteiger partial charge in [-0.2, -0.15) is 0 Å². The van der Waals surface area contributed by atoms with Crippen LogP contribution in [0.2, 0.25) is 0 Å². The number of carbonyl (C=O) groups excluding carboxylic acids is 2. The third-order valence-corrected chi connectivity index (χ3v) is 5.85. The Labute approximate surface area is 163 Å². The highest BCUT2D eigenvalue weighted by Gasteiger charge is 2.30. The highest BCUT2D eigenvalue weighted by molar-refractivity contribution is 7.99. The molecule has 2 heterocycles. The van der Waals surface area contributed by atoms with E-state index >= 15 is 0 Å². The molecule has 1 aliphatic heterocycles. The summed E-state index contributed by atoms with van der Waals surface area (Å²) in [5.74, 6) is 0.520. The topological polar surface area (TPSA) is 94.1 Å². The van der Waals surface area contributed by atoms with E-state index < -0.39 is 11.9 Å². The molecule has 0 bridgehead atoms. The van der Waals surface area contributed by atoms with Crippen molar-refractivity contribution < 1.29 is 9.59 Å². The first-order valence-electron chi connectivity index (χ1n) is 9.23. The van der Waals surface area contributed by atoms with Crippen LogP contribution < -0.4 is 5.73 Å². The number of aromatic nitrogens is 3. The summed E-state index contributed by atoms with van der Waals surface area (Å²) in [4.78, 5) is 25.9. The Morgan fingerprint density at radius 2 is 2.04 bits per heavy atom. The zero-order valence-electron chi connectivity index (χ0n) is 15.7. The number of aryl methyl sites for hydroxylation is 1. The van der Waals surface area contributed by atoms with Gasteiger partial charge in [0.2, 0.25) is 11.8 Å². The number of benzene rings is 1. The number of primary amides is 1. The quantitative estimate of drug-likeness (QED) is 0.767. The van der Waals surface area contributed by atoms with Crippen molar-refractivity contribution in [1.29, 1.82) is 0 Å². The second kappa shape index (κ2) is 8.56. The zero-order valence-corrected chi connectivity index (χ0v) is 16.5. The van der Waals surface area contributed by atoms with Crippen molar-refractivity contribution in [3.63, 3.8) is 0 Å². The van der Waals surface area contributed by atoms with Gasteiger partial charge in [-0.15, -0.1) is 10.2 Å². The van der Waals surface area contributed by atoms with Gasteiger partial charge in [-0.25, -0.2) is 0 Å². The van der Waals surface area contributed by atoms with Crippen LogP contribution in [0.1, 0.15) is 31.7 Å². The molecule has 2 amide bonds. The van der Waals surface area contributed by atoms with Gasteiger partial charge in [0.15, 0.2) is 11.0 Å². The van der Waals surface area contributed by atoms with Crippen molar-refractivity contribution in [1.82, 2.24) is 19.7 Å². The van der Waals surface area contributed by atoms with Crippen LogP contribution in [0.3, 0.4) is 0 Å². The maximum Gasteiger partial charge on any atom is 0.240 e. The molecule has 2 aromatic rings. The van der Waals surface area contributed by atoms with Crippen LogP contribution >= 0.6 is 11.8 Å². The fourth-order valence-corrected chi connectivity index (χ4v) is 4.33. The number of nitrogens with zero attached hydrogens (tertiary/aromatic N) is 4. The molecule has 0 radical (unpaired) electrons. The molecule has 0 aliphatic carbocycles. The normalized spacial score (nSPS) is 17.1. The van der Waals surface area contributed by atoms with E-state index in [2.05, 4.69) is 10.2 Å². The van der Waals surface area contributed by atoms with Crippen molar-refractivity contribution in [2.24, 2.45) is 5.73 Å². The van der Waals surface area contributed by atoms with Gasteiger partial charge in [0.05, 0.1) is 5.75 Å². The Balaban J connectivity index is 1.74. The highest BCUT2D eigenvalue weighted by atomic mass is 32.2. The number of rotatable bonds is 6. The van der Waals surface area contributed by atoms with Crippen LogP contribution in [0, 0.1) is 6.92 Å². The van der Waals surface area contributed by atoms with Gasteiger partial charge in [0.25, 0.3) is 0 Å². The van der Waals surface area contributed by atoms with E-state index in [0.29, 0.717) is 24.7 Å². The largest absolute Gasteiger partial charge is 0.368 e. The summed E-state index contributed by atoms with van der Waals surface area (Å²) in [6.07, 6.45) is 2.48. The molecule has 8 heteroatoms. The number of thioether (sulfide) groups is 1. The van der Waals surface area contributed by atoms with Crippen molar-refractivity contribution in [2.75, 3.05) is 12.3 Å². The summed E-state index contributed by atoms with van der Waals surface area (Å²) < 4.78 is 2.02. The van der Waals surface area contributed by atoms with E-state index in [1.165, 1.54) is 11.8 Å². The molecule has 1 aliphatic rings. The van der Waals surface area contributed by atoms with Crippen LogP contribution in [0.15, 0.2) is 29.4 Å². The molecule has 1 saturated heterocycles. The predicted molar refractivity (Wildman–Crippen MR) is 105 cm³/mol. The summed E-state index contributed by atoms with van der Waals surface area (Å²) in [5.41, 5.74) is 7.63. The average molecular weight is 388 g/mol. The lowest BCUT2D eigenvalue weighted by Crippen LogP contribution is -2.51. The van der Waals surface area contributed by atoms with Gasteiger partial charge in [-0.1, -0.05) is 36.0 Å². The molecular formula is C19H25N5O2S. The van der Waals surface area contributed by atoms with Gasteiger partial charge in [0.1, 0.15) is 6.04 Å². The Hall–Kier alpha value is -2.35. The standard InChI is InChI=1S/C19H25N5O2S/c1-3-23-18(14-9-5-4-8-13(14)2)21-22-19(23)27-12-16(25)24-11-7-6-10-15(24)17(20)26/h4-5,8-9,15H,3,6-7,10-12H2,1-2H3,(H2,20,26). The number of amides is 2. The first-order valence-corrected chi connectivity index (χ1v) is 10.2. The third kappa shape index (κ3) is 4.16. The fourth-order valence-electron chi connectivity index (χ4n) is 3.44. The monoisotopic (exact) mass is 387 g/mol. The molecule has 1 aromatic carbocycles. The molecule has 7 nitrogen and oxygen atoms in total. The van der Waals surface area contributed by atoms with E-state index in [1.807, 2.05) is 42.7 Å². The Morgan fingerprint density at radius 3 is 2.74 bits per heavy atom. The summed E-state index contributed by atoms with van der Waals surface area (Å²) in [6, 6.07) is 7.55. The summed E-state index contributed by atoms with van der Waals surface area (Å²) >= 11 is 1.35. The lowest BCUT2D eigenvalue weighted by atomic mass is 10.0. The number of piperidine rings is 1. The minimum atomic E-state index is -0.488. The maximum absolute atomic E-state index is 12.7. The van der Waals surface area contributed by atoms with Gasteiger partial charge in [-0.05, 0) is 38.7 Å². The Morgan fingerprint density at radius 1 is 1.26 bits per heavy atom. The smallest absolute Gasteiger partial charge is 0.240 e. The van der Waals surface area contributed by atoms with Crippen molar-refractivity contribution >= 4 is 23.6 Å². The molecule has 1 unspecified atom stereocenters. The third-order valence-electron chi connectivity index (χ3n) is 4.90. The summed E-state index contributed by atoms with van der Waals surface area (Å²) in [7, 11) is 0. The van der Waals surface area contributed by atoms with Crippen LogP contribution in [0.25, 0.3) is 11.4 Å².